The molecule has 0 saturated carbocycles. The summed E-state index contributed by atoms with van der Waals surface area (Å²) in [5, 5.41) is 26.0. The first-order valence-electron chi connectivity index (χ1n) is 5.96. The molecule has 1 aliphatic rings. The van der Waals surface area contributed by atoms with Crippen molar-refractivity contribution in [2.24, 2.45) is 0 Å². The third-order valence-corrected chi connectivity index (χ3v) is 2.89. The third-order valence-electron chi connectivity index (χ3n) is 2.89. The third kappa shape index (κ3) is 2.41. The molecule has 0 aliphatic carbocycles. The second-order valence-corrected chi connectivity index (χ2v) is 4.41. The van der Waals surface area contributed by atoms with Crippen molar-refractivity contribution in [3.8, 4) is 11.5 Å². The number of phenols is 1. The number of ether oxygens (including phenoxy) is 1. The van der Waals surface area contributed by atoms with Crippen LogP contribution >= 0.6 is 0 Å². The molecular weight excluding hydrogens is 244 g/mol. The fourth-order valence-corrected chi connectivity index (χ4v) is 1.97. The lowest BCUT2D eigenvalue weighted by atomic mass is 10.2. The molecule has 2 aromatic carbocycles. The van der Waals surface area contributed by atoms with Crippen LogP contribution in [0.3, 0.4) is 0 Å². The largest absolute Gasteiger partial charge is 0.506 e. The first-order valence-corrected chi connectivity index (χ1v) is 5.96. The molecular formula is C14H14N2O3. The molecule has 1 aliphatic heterocycles. The Balaban J connectivity index is 1.87. The van der Waals surface area contributed by atoms with E-state index in [0.717, 1.165) is 5.69 Å². The van der Waals surface area contributed by atoms with Gasteiger partial charge in [0.25, 0.3) is 0 Å². The smallest absolute Gasteiger partial charge is 0.308 e. The van der Waals surface area contributed by atoms with Gasteiger partial charge in [-0.05, 0) is 30.3 Å². The number of hydrogen-bond acceptors (Lipinski definition) is 5. The van der Waals surface area contributed by atoms with Gasteiger partial charge in [-0.3, -0.25) is 0 Å². The van der Waals surface area contributed by atoms with Crippen LogP contribution in [0.15, 0.2) is 48.5 Å². The van der Waals surface area contributed by atoms with Gasteiger partial charge in [0.05, 0.1) is 5.69 Å². The van der Waals surface area contributed by atoms with Crippen LogP contribution in [0.2, 0.25) is 0 Å². The summed E-state index contributed by atoms with van der Waals surface area (Å²) in [6.45, 7) is 0.148. The molecule has 19 heavy (non-hydrogen) atoms. The van der Waals surface area contributed by atoms with Crippen molar-refractivity contribution in [2.75, 3.05) is 17.2 Å². The van der Waals surface area contributed by atoms with E-state index in [-0.39, 0.29) is 12.3 Å². The quantitative estimate of drug-likeness (QED) is 0.376. The average molecular weight is 258 g/mol. The number of benzene rings is 2. The Morgan fingerprint density at radius 3 is 2.68 bits per heavy atom. The molecule has 1 heterocycles. The Labute approximate surface area is 110 Å². The summed E-state index contributed by atoms with van der Waals surface area (Å²) in [6, 6.07) is 14.0. The Kier molecular flexibility index (Phi) is 2.68. The van der Waals surface area contributed by atoms with E-state index in [2.05, 4.69) is 10.6 Å². The van der Waals surface area contributed by atoms with E-state index in [1.165, 1.54) is 0 Å². The summed E-state index contributed by atoms with van der Waals surface area (Å²) in [5.74, 6) is -1.04. The van der Waals surface area contributed by atoms with Gasteiger partial charge < -0.3 is 25.6 Å². The summed E-state index contributed by atoms with van der Waals surface area (Å²) in [4.78, 5) is 0. The van der Waals surface area contributed by atoms with Gasteiger partial charge in [-0.2, -0.15) is 0 Å². The number of aromatic hydroxyl groups is 1. The zero-order valence-corrected chi connectivity index (χ0v) is 10.1. The molecule has 3 rings (SSSR count). The number of phenolic OH excluding ortho intramolecular Hbond substituents is 1. The topological polar surface area (TPSA) is 73.8 Å². The number of β-amino-alcohol motifs (C(OH)–C–C–N with tert-alkyl or cyclic N) is 1. The molecule has 4 N–H and O–H groups in total. The minimum Gasteiger partial charge on any atom is -0.506 e. The van der Waals surface area contributed by atoms with Gasteiger partial charge in [-0.1, -0.05) is 18.2 Å². The highest BCUT2D eigenvalue weighted by molar-refractivity contribution is 5.66. The normalized spacial score (nSPS) is 20.9. The first-order chi connectivity index (χ1) is 9.15. The number of para-hydroxylation sites is 1. The highest BCUT2D eigenvalue weighted by atomic mass is 16.6. The van der Waals surface area contributed by atoms with E-state index in [1.807, 2.05) is 18.2 Å². The number of hydrogen-bond donors (Lipinski definition) is 4. The second kappa shape index (κ2) is 4.37. The molecule has 1 atom stereocenters. The molecule has 0 amide bonds. The summed E-state index contributed by atoms with van der Waals surface area (Å²) >= 11 is 0. The van der Waals surface area contributed by atoms with Gasteiger partial charge >= 0.3 is 5.91 Å². The highest BCUT2D eigenvalue weighted by Gasteiger charge is 2.32. The molecule has 5 heteroatoms. The van der Waals surface area contributed by atoms with E-state index >= 15 is 0 Å². The molecule has 0 spiro atoms. The number of rotatable bonds is 2. The van der Waals surface area contributed by atoms with Crippen LogP contribution in [-0.2, 0) is 0 Å². The van der Waals surface area contributed by atoms with Gasteiger partial charge in [0.15, 0.2) is 0 Å². The summed E-state index contributed by atoms with van der Waals surface area (Å²) in [5.41, 5.74) is 1.22. The summed E-state index contributed by atoms with van der Waals surface area (Å²) < 4.78 is 5.55. The second-order valence-electron chi connectivity index (χ2n) is 4.41. The zero-order chi connectivity index (χ0) is 13.3. The van der Waals surface area contributed by atoms with Crippen LogP contribution in [0, 0.1) is 0 Å². The van der Waals surface area contributed by atoms with Crippen molar-refractivity contribution in [2.45, 2.75) is 5.91 Å². The molecule has 1 unspecified atom stereocenters. The summed E-state index contributed by atoms with van der Waals surface area (Å²) in [7, 11) is 0. The minimum atomic E-state index is -1.63. The first kappa shape index (κ1) is 11.7. The van der Waals surface area contributed by atoms with Crippen LogP contribution < -0.4 is 15.4 Å². The molecule has 0 aromatic heterocycles. The fourth-order valence-electron chi connectivity index (χ4n) is 1.97. The Hall–Kier alpha value is -2.40. The average Bonchev–Trinajstić information content (AvgIpc) is 2.54. The van der Waals surface area contributed by atoms with Gasteiger partial charge in [0.2, 0.25) is 0 Å². The number of anilines is 2. The Morgan fingerprint density at radius 1 is 1.11 bits per heavy atom. The fraction of sp³-hybridized carbons (Fsp3) is 0.143. The standard InChI is InChI=1S/C14H14N2O3/c17-13-7-6-10-8-12(13)16-14(18,9-15-10)19-11-4-2-1-3-5-11/h1-8,15-18H,9H2. The molecule has 0 radical (unpaired) electrons. The number of aliphatic hydroxyl groups is 1. The summed E-state index contributed by atoms with van der Waals surface area (Å²) in [6.07, 6.45) is 0. The van der Waals surface area contributed by atoms with Gasteiger partial charge in [0, 0.05) is 5.69 Å². The molecule has 98 valence electrons. The molecule has 2 aromatic rings. The maximum atomic E-state index is 10.5. The van der Waals surface area contributed by atoms with E-state index in [4.69, 9.17) is 4.74 Å². The van der Waals surface area contributed by atoms with Crippen LogP contribution in [0.1, 0.15) is 0 Å². The predicted molar refractivity (Wildman–Crippen MR) is 72.2 cm³/mol. The predicted octanol–water partition coefficient (Wildman–Crippen LogP) is 1.95. The number of fused-ring (bicyclic) bond motifs is 2. The van der Waals surface area contributed by atoms with E-state index in [1.54, 1.807) is 30.3 Å². The molecule has 2 bridgehead atoms. The van der Waals surface area contributed by atoms with Gasteiger partial charge in [-0.15, -0.1) is 0 Å². The van der Waals surface area contributed by atoms with Crippen molar-refractivity contribution in [3.63, 3.8) is 0 Å². The van der Waals surface area contributed by atoms with Crippen molar-refractivity contribution < 1.29 is 14.9 Å². The van der Waals surface area contributed by atoms with Crippen LogP contribution in [0.5, 0.6) is 11.5 Å². The van der Waals surface area contributed by atoms with Gasteiger partial charge in [-0.25, -0.2) is 0 Å². The van der Waals surface area contributed by atoms with Crippen molar-refractivity contribution in [3.05, 3.63) is 48.5 Å². The lowest BCUT2D eigenvalue weighted by Crippen LogP contribution is -2.49. The van der Waals surface area contributed by atoms with E-state index < -0.39 is 5.91 Å². The zero-order valence-electron chi connectivity index (χ0n) is 10.1. The van der Waals surface area contributed by atoms with E-state index in [9.17, 15) is 10.2 Å². The van der Waals surface area contributed by atoms with Crippen molar-refractivity contribution in [1.29, 1.82) is 0 Å². The lowest BCUT2D eigenvalue weighted by Gasteiger charge is -2.29. The number of nitrogens with one attached hydrogen (secondary N) is 2. The SMILES string of the molecule is Oc1ccc2cc1NC(O)(Oc1ccccc1)CN2. The van der Waals surface area contributed by atoms with Crippen molar-refractivity contribution >= 4 is 11.4 Å². The van der Waals surface area contributed by atoms with Crippen LogP contribution in [0.4, 0.5) is 11.4 Å². The van der Waals surface area contributed by atoms with Crippen LogP contribution in [0.25, 0.3) is 0 Å². The highest BCUT2D eigenvalue weighted by Crippen LogP contribution is 2.32. The van der Waals surface area contributed by atoms with E-state index in [0.29, 0.717) is 11.4 Å². The monoisotopic (exact) mass is 258 g/mol. The molecule has 5 nitrogen and oxygen atoms in total. The Morgan fingerprint density at radius 2 is 1.89 bits per heavy atom. The minimum absolute atomic E-state index is 0.0579. The lowest BCUT2D eigenvalue weighted by molar-refractivity contribution is -0.0996. The van der Waals surface area contributed by atoms with Crippen LogP contribution in [-0.4, -0.2) is 22.7 Å². The molecule has 0 saturated heterocycles. The maximum absolute atomic E-state index is 10.5. The maximum Gasteiger partial charge on any atom is 0.308 e. The Bertz CT molecular complexity index is 588. The molecule has 0 fully saturated rings. The van der Waals surface area contributed by atoms with Crippen molar-refractivity contribution in [1.82, 2.24) is 0 Å². The van der Waals surface area contributed by atoms with Gasteiger partial charge in [0.1, 0.15) is 18.0 Å².